The third-order valence-corrected chi connectivity index (χ3v) is 4.49. The summed E-state index contributed by atoms with van der Waals surface area (Å²) >= 11 is 1.36. The zero-order chi connectivity index (χ0) is 16.9. The van der Waals surface area contributed by atoms with E-state index in [0.29, 0.717) is 23.5 Å². The Morgan fingerprint density at radius 2 is 2.21 bits per heavy atom. The molecule has 0 aliphatic heterocycles. The highest BCUT2D eigenvalue weighted by molar-refractivity contribution is 7.15. The number of thiazole rings is 1. The zero-order valence-corrected chi connectivity index (χ0v) is 14.0. The van der Waals surface area contributed by atoms with Gasteiger partial charge in [-0.2, -0.15) is 5.10 Å². The number of nitrogens with zero attached hydrogens (tertiary/aromatic N) is 3. The maximum atomic E-state index is 13.7. The van der Waals surface area contributed by atoms with E-state index in [1.807, 2.05) is 19.2 Å². The van der Waals surface area contributed by atoms with E-state index in [2.05, 4.69) is 15.4 Å². The highest BCUT2D eigenvalue weighted by atomic mass is 32.1. The lowest BCUT2D eigenvalue weighted by Gasteiger charge is -2.10. The van der Waals surface area contributed by atoms with Crippen molar-refractivity contribution in [3.63, 3.8) is 0 Å². The van der Waals surface area contributed by atoms with E-state index >= 15 is 0 Å². The van der Waals surface area contributed by atoms with Crippen LogP contribution in [0.5, 0.6) is 0 Å². The first-order valence-electron chi connectivity index (χ1n) is 7.59. The van der Waals surface area contributed by atoms with Crippen LogP contribution in [-0.4, -0.2) is 20.7 Å². The fraction of sp³-hybridized carbons (Fsp3) is 0.235. The molecule has 0 fully saturated rings. The highest BCUT2D eigenvalue weighted by Gasteiger charge is 2.13. The lowest BCUT2D eigenvalue weighted by Crippen LogP contribution is -2.17. The molecule has 1 N–H and O–H groups in total. The minimum atomic E-state index is -0.232. The smallest absolute Gasteiger partial charge is 0.228 e. The van der Waals surface area contributed by atoms with Gasteiger partial charge in [-0.3, -0.25) is 9.48 Å². The Labute approximate surface area is 143 Å². The van der Waals surface area contributed by atoms with Crippen LogP contribution < -0.4 is 5.32 Å². The number of hydrogen-bond acceptors (Lipinski definition) is 4. The second-order valence-corrected chi connectivity index (χ2v) is 6.60. The SMILES string of the molecule is CC(CC(=O)Nc1ncc(Cc2ccccc2F)s1)n1cccn1. The molecule has 3 rings (SSSR count). The molecule has 1 unspecified atom stereocenters. The highest BCUT2D eigenvalue weighted by Crippen LogP contribution is 2.23. The van der Waals surface area contributed by atoms with E-state index in [1.54, 1.807) is 35.3 Å². The van der Waals surface area contributed by atoms with Crippen LogP contribution in [0.4, 0.5) is 9.52 Å². The Hall–Kier alpha value is -2.54. The van der Waals surface area contributed by atoms with Gasteiger partial charge in [0.25, 0.3) is 0 Å². The van der Waals surface area contributed by atoms with Crippen molar-refractivity contribution in [3.8, 4) is 0 Å². The molecule has 5 nitrogen and oxygen atoms in total. The third kappa shape index (κ3) is 4.05. The van der Waals surface area contributed by atoms with Gasteiger partial charge < -0.3 is 5.32 Å². The molecule has 1 amide bonds. The van der Waals surface area contributed by atoms with Gasteiger partial charge in [-0.05, 0) is 24.6 Å². The number of carbonyl (C=O) groups is 1. The number of aromatic nitrogens is 3. The van der Waals surface area contributed by atoms with Crippen LogP contribution in [-0.2, 0) is 11.2 Å². The average Bonchev–Trinajstić information content (AvgIpc) is 3.21. The Bertz CT molecular complexity index is 816. The zero-order valence-electron chi connectivity index (χ0n) is 13.1. The van der Waals surface area contributed by atoms with Crippen molar-refractivity contribution in [1.82, 2.24) is 14.8 Å². The summed E-state index contributed by atoms with van der Waals surface area (Å²) in [6.07, 6.45) is 5.95. The fourth-order valence-electron chi connectivity index (χ4n) is 2.35. The van der Waals surface area contributed by atoms with Crippen LogP contribution >= 0.6 is 11.3 Å². The van der Waals surface area contributed by atoms with E-state index in [-0.39, 0.29) is 17.8 Å². The second kappa shape index (κ2) is 7.35. The van der Waals surface area contributed by atoms with E-state index < -0.39 is 0 Å². The summed E-state index contributed by atoms with van der Waals surface area (Å²) in [6.45, 7) is 1.93. The van der Waals surface area contributed by atoms with Gasteiger partial charge in [0.2, 0.25) is 5.91 Å². The maximum absolute atomic E-state index is 13.7. The van der Waals surface area contributed by atoms with E-state index in [4.69, 9.17) is 0 Å². The summed E-state index contributed by atoms with van der Waals surface area (Å²) in [5, 5.41) is 7.44. The Morgan fingerprint density at radius 1 is 1.38 bits per heavy atom. The molecular weight excluding hydrogens is 327 g/mol. The minimum Gasteiger partial charge on any atom is -0.302 e. The lowest BCUT2D eigenvalue weighted by atomic mass is 10.1. The summed E-state index contributed by atoms with van der Waals surface area (Å²) in [5.74, 6) is -0.352. The number of anilines is 1. The third-order valence-electron chi connectivity index (χ3n) is 3.58. The number of hydrogen-bond donors (Lipinski definition) is 1. The monoisotopic (exact) mass is 344 g/mol. The molecule has 3 aromatic rings. The molecule has 0 bridgehead atoms. The fourth-order valence-corrected chi connectivity index (χ4v) is 3.20. The molecule has 124 valence electrons. The Kier molecular flexibility index (Phi) is 5.00. The number of carbonyl (C=O) groups excluding carboxylic acids is 1. The molecule has 0 radical (unpaired) electrons. The van der Waals surface area contributed by atoms with Crippen LogP contribution in [0.15, 0.2) is 48.9 Å². The number of halogens is 1. The first kappa shape index (κ1) is 16.3. The molecule has 1 aromatic carbocycles. The van der Waals surface area contributed by atoms with Crippen LogP contribution in [0.2, 0.25) is 0 Å². The van der Waals surface area contributed by atoms with Gasteiger partial charge in [0.15, 0.2) is 5.13 Å². The molecule has 0 aliphatic rings. The van der Waals surface area contributed by atoms with Crippen molar-refractivity contribution in [2.75, 3.05) is 5.32 Å². The first-order chi connectivity index (χ1) is 11.6. The van der Waals surface area contributed by atoms with Gasteiger partial charge >= 0.3 is 0 Å². The molecule has 0 aliphatic carbocycles. The van der Waals surface area contributed by atoms with Crippen LogP contribution in [0.3, 0.4) is 0 Å². The number of rotatable bonds is 6. The average molecular weight is 344 g/mol. The topological polar surface area (TPSA) is 59.8 Å². The molecule has 2 aromatic heterocycles. The van der Waals surface area contributed by atoms with Gasteiger partial charge in [-0.1, -0.05) is 18.2 Å². The van der Waals surface area contributed by atoms with Crippen LogP contribution in [0, 0.1) is 5.82 Å². The predicted octanol–water partition coefficient (Wildman–Crippen LogP) is 3.66. The summed E-state index contributed by atoms with van der Waals surface area (Å²) < 4.78 is 15.4. The summed E-state index contributed by atoms with van der Waals surface area (Å²) in [6, 6.07) is 8.45. The molecule has 24 heavy (non-hydrogen) atoms. The van der Waals surface area contributed by atoms with Crippen LogP contribution in [0.1, 0.15) is 29.8 Å². The maximum Gasteiger partial charge on any atom is 0.228 e. The molecule has 0 spiro atoms. The van der Waals surface area contributed by atoms with Crippen molar-refractivity contribution in [1.29, 1.82) is 0 Å². The minimum absolute atomic E-state index is 0.0298. The summed E-state index contributed by atoms with van der Waals surface area (Å²) in [5.41, 5.74) is 0.617. The molecule has 7 heteroatoms. The van der Waals surface area contributed by atoms with Crippen molar-refractivity contribution in [2.24, 2.45) is 0 Å². The van der Waals surface area contributed by atoms with Crippen molar-refractivity contribution < 1.29 is 9.18 Å². The van der Waals surface area contributed by atoms with Gasteiger partial charge in [0.1, 0.15) is 5.82 Å². The predicted molar refractivity (Wildman–Crippen MR) is 91.5 cm³/mol. The molecule has 1 atom stereocenters. The molecule has 0 saturated heterocycles. The van der Waals surface area contributed by atoms with Gasteiger partial charge in [-0.15, -0.1) is 11.3 Å². The normalized spacial score (nSPS) is 12.1. The quantitative estimate of drug-likeness (QED) is 0.742. The van der Waals surface area contributed by atoms with E-state index in [1.165, 1.54) is 17.4 Å². The van der Waals surface area contributed by atoms with E-state index in [0.717, 1.165) is 4.88 Å². The number of benzene rings is 1. The lowest BCUT2D eigenvalue weighted by molar-refractivity contribution is -0.116. The van der Waals surface area contributed by atoms with Crippen molar-refractivity contribution in [3.05, 3.63) is 65.2 Å². The molecule has 2 heterocycles. The largest absolute Gasteiger partial charge is 0.302 e. The van der Waals surface area contributed by atoms with Crippen LogP contribution in [0.25, 0.3) is 0 Å². The standard InChI is InChI=1S/C17H17FN4OS/c1-12(22-8-4-7-20-22)9-16(23)21-17-19-11-14(24-17)10-13-5-2-3-6-15(13)18/h2-8,11-12H,9-10H2,1H3,(H,19,21,23). The summed E-state index contributed by atoms with van der Waals surface area (Å²) in [4.78, 5) is 17.2. The number of nitrogens with one attached hydrogen (secondary N) is 1. The Balaban J connectivity index is 1.58. The first-order valence-corrected chi connectivity index (χ1v) is 8.40. The van der Waals surface area contributed by atoms with Gasteiger partial charge in [0, 0.05) is 36.3 Å². The number of amides is 1. The van der Waals surface area contributed by atoms with Gasteiger partial charge in [-0.25, -0.2) is 9.37 Å². The van der Waals surface area contributed by atoms with Crippen molar-refractivity contribution in [2.45, 2.75) is 25.8 Å². The molecular formula is C17H17FN4OS. The Morgan fingerprint density at radius 3 is 2.96 bits per heavy atom. The summed E-state index contributed by atoms with van der Waals surface area (Å²) in [7, 11) is 0. The second-order valence-electron chi connectivity index (χ2n) is 5.49. The van der Waals surface area contributed by atoms with E-state index in [9.17, 15) is 9.18 Å². The van der Waals surface area contributed by atoms with Gasteiger partial charge in [0.05, 0.1) is 6.04 Å². The molecule has 0 saturated carbocycles. The van der Waals surface area contributed by atoms with Crippen molar-refractivity contribution >= 4 is 22.4 Å².